The lowest BCUT2D eigenvalue weighted by molar-refractivity contribution is 0.451. The number of pyridine rings is 1. The van der Waals surface area contributed by atoms with Gasteiger partial charge in [0, 0.05) is 31.2 Å². The van der Waals surface area contributed by atoms with Crippen LogP contribution in [0.3, 0.4) is 0 Å². The second-order valence-electron chi connectivity index (χ2n) is 5.57. The highest BCUT2D eigenvalue weighted by Gasteiger charge is 2.09. The molecule has 0 saturated carbocycles. The number of aryl methyl sites for hydroxylation is 3. The molecular weight excluding hydrogens is 260 g/mol. The molecule has 1 N–H and O–H groups in total. The van der Waals surface area contributed by atoms with E-state index in [0.717, 1.165) is 32.2 Å². The van der Waals surface area contributed by atoms with E-state index in [4.69, 9.17) is 0 Å². The Morgan fingerprint density at radius 3 is 2.76 bits per heavy atom. The predicted molar refractivity (Wildman–Crippen MR) is 86.2 cm³/mol. The molecule has 0 spiro atoms. The zero-order valence-electron chi connectivity index (χ0n) is 13.1. The number of aromatic nitrogens is 3. The van der Waals surface area contributed by atoms with Gasteiger partial charge < -0.3 is 5.32 Å². The van der Waals surface area contributed by atoms with Gasteiger partial charge in [-0.1, -0.05) is 13.0 Å². The molecule has 0 aliphatic heterocycles. The van der Waals surface area contributed by atoms with Crippen molar-refractivity contribution < 1.29 is 0 Å². The smallest absolute Gasteiger partial charge is 0.0521 e. The Morgan fingerprint density at radius 2 is 2.10 bits per heavy atom. The molecule has 0 bridgehead atoms. The summed E-state index contributed by atoms with van der Waals surface area (Å²) in [5, 5.41) is 7.90. The molecule has 2 aromatic rings. The van der Waals surface area contributed by atoms with Gasteiger partial charge in [0.1, 0.15) is 0 Å². The molecule has 0 radical (unpaired) electrons. The second kappa shape index (κ2) is 8.57. The van der Waals surface area contributed by atoms with Crippen LogP contribution in [-0.2, 0) is 19.9 Å². The fourth-order valence-corrected chi connectivity index (χ4v) is 2.51. The third-order valence-corrected chi connectivity index (χ3v) is 3.70. The normalized spacial score (nSPS) is 12.5. The second-order valence-corrected chi connectivity index (χ2v) is 5.57. The zero-order valence-corrected chi connectivity index (χ0v) is 13.1. The topological polar surface area (TPSA) is 42.7 Å². The molecule has 0 aliphatic rings. The van der Waals surface area contributed by atoms with Crippen LogP contribution in [0, 0.1) is 0 Å². The van der Waals surface area contributed by atoms with Gasteiger partial charge in [-0.25, -0.2) is 0 Å². The first-order chi connectivity index (χ1) is 10.3. The van der Waals surface area contributed by atoms with E-state index in [9.17, 15) is 0 Å². The molecular formula is C17H26N4. The Morgan fingerprint density at radius 1 is 1.24 bits per heavy atom. The molecule has 2 rings (SSSR count). The molecule has 2 aromatic heterocycles. The van der Waals surface area contributed by atoms with Crippen molar-refractivity contribution in [3.63, 3.8) is 0 Å². The van der Waals surface area contributed by atoms with E-state index in [0.29, 0.717) is 6.04 Å². The van der Waals surface area contributed by atoms with E-state index in [1.807, 2.05) is 30.2 Å². The van der Waals surface area contributed by atoms with Crippen molar-refractivity contribution in [3.05, 3.63) is 48.0 Å². The molecule has 114 valence electrons. The number of hydrogen-bond acceptors (Lipinski definition) is 3. The van der Waals surface area contributed by atoms with Gasteiger partial charge in [0.2, 0.25) is 0 Å². The van der Waals surface area contributed by atoms with Crippen molar-refractivity contribution in [1.29, 1.82) is 0 Å². The highest BCUT2D eigenvalue weighted by molar-refractivity contribution is 5.05. The van der Waals surface area contributed by atoms with Gasteiger partial charge in [-0.3, -0.25) is 9.67 Å². The van der Waals surface area contributed by atoms with Gasteiger partial charge >= 0.3 is 0 Å². The van der Waals surface area contributed by atoms with E-state index in [-0.39, 0.29) is 0 Å². The summed E-state index contributed by atoms with van der Waals surface area (Å²) in [6.45, 7) is 3.30. The van der Waals surface area contributed by atoms with Gasteiger partial charge in [-0.2, -0.15) is 5.10 Å². The van der Waals surface area contributed by atoms with Gasteiger partial charge in [-0.05, 0) is 56.3 Å². The maximum absolute atomic E-state index is 4.41. The maximum Gasteiger partial charge on any atom is 0.0521 e. The van der Waals surface area contributed by atoms with E-state index < -0.39 is 0 Å². The fourth-order valence-electron chi connectivity index (χ4n) is 2.51. The molecule has 21 heavy (non-hydrogen) atoms. The van der Waals surface area contributed by atoms with Crippen LogP contribution >= 0.6 is 0 Å². The maximum atomic E-state index is 4.41. The summed E-state index contributed by atoms with van der Waals surface area (Å²) in [4.78, 5) is 4.41. The average molecular weight is 286 g/mol. The van der Waals surface area contributed by atoms with E-state index >= 15 is 0 Å². The lowest BCUT2D eigenvalue weighted by Crippen LogP contribution is -2.30. The van der Waals surface area contributed by atoms with Crippen LogP contribution in [0.25, 0.3) is 0 Å². The molecule has 0 saturated heterocycles. The van der Waals surface area contributed by atoms with Gasteiger partial charge in [0.25, 0.3) is 0 Å². The van der Waals surface area contributed by atoms with Crippen LogP contribution in [0.5, 0.6) is 0 Å². The summed E-state index contributed by atoms with van der Waals surface area (Å²) in [5.74, 6) is 0. The molecule has 1 unspecified atom stereocenters. The monoisotopic (exact) mass is 286 g/mol. The first-order valence-corrected chi connectivity index (χ1v) is 7.88. The Bertz CT molecular complexity index is 507. The molecule has 0 aliphatic carbocycles. The summed E-state index contributed by atoms with van der Waals surface area (Å²) < 4.78 is 1.87. The first-order valence-electron chi connectivity index (χ1n) is 7.88. The number of nitrogens with one attached hydrogen (secondary N) is 1. The lowest BCUT2D eigenvalue weighted by Gasteiger charge is -2.18. The predicted octanol–water partition coefficient (Wildman–Crippen LogP) is 2.75. The highest BCUT2D eigenvalue weighted by atomic mass is 15.2. The van der Waals surface area contributed by atoms with Crippen LogP contribution < -0.4 is 5.32 Å². The van der Waals surface area contributed by atoms with Crippen molar-refractivity contribution in [2.45, 2.75) is 45.1 Å². The van der Waals surface area contributed by atoms with Gasteiger partial charge in [0.05, 0.1) is 6.20 Å². The molecule has 2 heterocycles. The Hall–Kier alpha value is -1.68. The van der Waals surface area contributed by atoms with Crippen molar-refractivity contribution in [3.8, 4) is 0 Å². The van der Waals surface area contributed by atoms with Crippen molar-refractivity contribution in [2.24, 2.45) is 7.05 Å². The van der Waals surface area contributed by atoms with Crippen LogP contribution in [0.2, 0.25) is 0 Å². The molecule has 4 heteroatoms. The molecule has 0 fully saturated rings. The Labute approximate surface area is 127 Å². The van der Waals surface area contributed by atoms with Crippen molar-refractivity contribution in [1.82, 2.24) is 20.1 Å². The van der Waals surface area contributed by atoms with Crippen molar-refractivity contribution in [2.75, 3.05) is 6.54 Å². The number of nitrogens with zero attached hydrogens (tertiary/aromatic N) is 3. The summed E-state index contributed by atoms with van der Waals surface area (Å²) in [6.07, 6.45) is 11.5. The SMILES string of the molecule is CCCNC(CCc1cnn(C)c1)CCc1ccccn1. The van der Waals surface area contributed by atoms with Crippen LogP contribution in [0.4, 0.5) is 0 Å². The summed E-state index contributed by atoms with van der Waals surface area (Å²) in [6, 6.07) is 6.69. The highest BCUT2D eigenvalue weighted by Crippen LogP contribution is 2.09. The fraction of sp³-hybridized carbons (Fsp3) is 0.529. The number of rotatable bonds is 9. The quantitative estimate of drug-likeness (QED) is 0.771. The third kappa shape index (κ3) is 5.68. The third-order valence-electron chi connectivity index (χ3n) is 3.70. The Balaban J connectivity index is 1.82. The van der Waals surface area contributed by atoms with Crippen molar-refractivity contribution >= 4 is 0 Å². The minimum atomic E-state index is 0.548. The summed E-state index contributed by atoms with van der Waals surface area (Å²) in [5.41, 5.74) is 2.50. The minimum Gasteiger partial charge on any atom is -0.314 e. The average Bonchev–Trinajstić information content (AvgIpc) is 2.93. The van der Waals surface area contributed by atoms with Crippen LogP contribution in [0.15, 0.2) is 36.8 Å². The van der Waals surface area contributed by atoms with Gasteiger partial charge in [0.15, 0.2) is 0 Å². The summed E-state index contributed by atoms with van der Waals surface area (Å²) in [7, 11) is 1.97. The van der Waals surface area contributed by atoms with Gasteiger partial charge in [-0.15, -0.1) is 0 Å². The standard InChI is InChI=1S/C17H26N4/c1-3-11-18-17(8-7-15-13-20-21(2)14-15)10-9-16-6-4-5-12-19-16/h4-6,12-14,17-18H,3,7-11H2,1-2H3. The molecule has 1 atom stereocenters. The zero-order chi connectivity index (χ0) is 14.9. The Kier molecular flexibility index (Phi) is 6.41. The molecule has 4 nitrogen and oxygen atoms in total. The first kappa shape index (κ1) is 15.7. The summed E-state index contributed by atoms with van der Waals surface area (Å²) >= 11 is 0. The van der Waals surface area contributed by atoms with E-state index in [1.54, 1.807) is 0 Å². The largest absolute Gasteiger partial charge is 0.314 e. The van der Waals surface area contributed by atoms with E-state index in [2.05, 4.69) is 40.7 Å². The number of hydrogen-bond donors (Lipinski definition) is 1. The minimum absolute atomic E-state index is 0.548. The lowest BCUT2D eigenvalue weighted by atomic mass is 10.0. The molecule has 0 amide bonds. The van der Waals surface area contributed by atoms with Crippen LogP contribution in [-0.4, -0.2) is 27.4 Å². The van der Waals surface area contributed by atoms with Crippen LogP contribution in [0.1, 0.15) is 37.4 Å². The van der Waals surface area contributed by atoms with E-state index in [1.165, 1.54) is 17.7 Å². The molecule has 0 aromatic carbocycles.